The second-order valence-corrected chi connectivity index (χ2v) is 5.32. The van der Waals surface area contributed by atoms with Crippen LogP contribution in [0.5, 0.6) is 0 Å². The Morgan fingerprint density at radius 2 is 2.15 bits per heavy atom. The number of aromatic nitrogens is 3. The molecule has 0 fully saturated rings. The highest BCUT2D eigenvalue weighted by molar-refractivity contribution is 5.94. The molecule has 1 N–H and O–H groups in total. The van der Waals surface area contributed by atoms with Gasteiger partial charge in [0.05, 0.1) is 12.2 Å². The lowest BCUT2D eigenvalue weighted by Crippen LogP contribution is -2.36. The maximum atomic E-state index is 12.1. The van der Waals surface area contributed by atoms with Crippen LogP contribution in [0.4, 0.5) is 0 Å². The van der Waals surface area contributed by atoms with Crippen molar-refractivity contribution in [2.24, 2.45) is 5.92 Å². The molecule has 20 heavy (non-hydrogen) atoms. The molecule has 1 amide bonds. The number of ether oxygens (including phenoxy) is 1. The number of rotatable bonds is 6. The first-order chi connectivity index (χ1) is 9.56. The van der Waals surface area contributed by atoms with Gasteiger partial charge in [0.2, 0.25) is 0 Å². The molecule has 0 unspecified atom stereocenters. The molecule has 0 saturated carbocycles. The average molecular weight is 276 g/mol. The second kappa shape index (κ2) is 6.47. The quantitative estimate of drug-likeness (QED) is 0.868. The van der Waals surface area contributed by atoms with E-state index in [2.05, 4.69) is 29.4 Å². The zero-order chi connectivity index (χ0) is 14.5. The summed E-state index contributed by atoms with van der Waals surface area (Å²) in [4.78, 5) is 12.1. The van der Waals surface area contributed by atoms with Crippen molar-refractivity contribution in [3.05, 3.63) is 30.2 Å². The maximum absolute atomic E-state index is 12.1. The van der Waals surface area contributed by atoms with Gasteiger partial charge in [-0.2, -0.15) is 0 Å². The Hall–Kier alpha value is -1.95. The molecule has 2 aromatic rings. The van der Waals surface area contributed by atoms with Crippen LogP contribution in [-0.4, -0.2) is 39.8 Å². The number of pyridine rings is 1. The lowest BCUT2D eigenvalue weighted by molar-refractivity contribution is 0.0791. The van der Waals surface area contributed by atoms with Crippen molar-refractivity contribution in [1.29, 1.82) is 0 Å². The highest BCUT2D eigenvalue weighted by atomic mass is 16.5. The number of amides is 1. The molecular formula is C14H20N4O2. The fraction of sp³-hybridized carbons (Fsp3) is 0.500. The van der Waals surface area contributed by atoms with Crippen LogP contribution < -0.4 is 5.32 Å². The Kier molecular flexibility index (Phi) is 4.68. The Labute approximate surface area is 118 Å². The Morgan fingerprint density at radius 1 is 1.35 bits per heavy atom. The van der Waals surface area contributed by atoms with Crippen molar-refractivity contribution in [3.63, 3.8) is 0 Å². The van der Waals surface area contributed by atoms with E-state index >= 15 is 0 Å². The molecule has 0 spiro atoms. The molecule has 0 aliphatic rings. The molecule has 0 radical (unpaired) electrons. The second-order valence-electron chi connectivity index (χ2n) is 5.32. The van der Waals surface area contributed by atoms with Gasteiger partial charge in [-0.15, -0.1) is 10.2 Å². The van der Waals surface area contributed by atoms with E-state index in [-0.39, 0.29) is 11.9 Å². The van der Waals surface area contributed by atoms with E-state index in [4.69, 9.17) is 4.74 Å². The van der Waals surface area contributed by atoms with Crippen molar-refractivity contribution in [2.45, 2.75) is 26.8 Å². The van der Waals surface area contributed by atoms with Gasteiger partial charge in [0, 0.05) is 18.8 Å². The van der Waals surface area contributed by atoms with E-state index in [0.717, 1.165) is 5.65 Å². The van der Waals surface area contributed by atoms with E-state index in [9.17, 15) is 4.79 Å². The fourth-order valence-corrected chi connectivity index (χ4v) is 1.79. The third kappa shape index (κ3) is 3.77. The van der Waals surface area contributed by atoms with Crippen LogP contribution in [0.3, 0.4) is 0 Å². The predicted octanol–water partition coefficient (Wildman–Crippen LogP) is 1.52. The lowest BCUT2D eigenvalue weighted by atomic mass is 10.2. The molecule has 2 aromatic heterocycles. The van der Waals surface area contributed by atoms with Crippen LogP contribution >= 0.6 is 0 Å². The van der Waals surface area contributed by atoms with Crippen molar-refractivity contribution >= 4 is 11.6 Å². The zero-order valence-corrected chi connectivity index (χ0v) is 12.0. The normalized spacial score (nSPS) is 12.8. The Bertz CT molecular complexity index is 579. The SMILES string of the molecule is CC(C)COC[C@H](C)NC(=O)c1ccc2nncn2c1. The largest absolute Gasteiger partial charge is 0.379 e. The van der Waals surface area contributed by atoms with Gasteiger partial charge in [0.1, 0.15) is 6.33 Å². The van der Waals surface area contributed by atoms with Gasteiger partial charge in [-0.05, 0) is 25.0 Å². The number of hydrogen-bond donors (Lipinski definition) is 1. The first-order valence-corrected chi connectivity index (χ1v) is 6.74. The topological polar surface area (TPSA) is 68.5 Å². The van der Waals surface area contributed by atoms with Gasteiger partial charge in [0.15, 0.2) is 5.65 Å². The van der Waals surface area contributed by atoms with Crippen LogP contribution in [0.25, 0.3) is 5.65 Å². The molecular weight excluding hydrogens is 256 g/mol. The third-order valence-corrected chi connectivity index (χ3v) is 2.75. The van der Waals surface area contributed by atoms with Gasteiger partial charge in [-0.1, -0.05) is 13.8 Å². The number of carbonyl (C=O) groups is 1. The van der Waals surface area contributed by atoms with Crippen LogP contribution in [0, 0.1) is 5.92 Å². The molecule has 2 rings (SSSR count). The molecule has 2 heterocycles. The summed E-state index contributed by atoms with van der Waals surface area (Å²) in [6.07, 6.45) is 3.29. The number of nitrogens with zero attached hydrogens (tertiary/aromatic N) is 3. The van der Waals surface area contributed by atoms with E-state index < -0.39 is 0 Å². The number of fused-ring (bicyclic) bond motifs is 1. The van der Waals surface area contributed by atoms with Crippen molar-refractivity contribution in [2.75, 3.05) is 13.2 Å². The van der Waals surface area contributed by atoms with Gasteiger partial charge < -0.3 is 10.1 Å². The van der Waals surface area contributed by atoms with Crippen molar-refractivity contribution in [3.8, 4) is 0 Å². The minimum absolute atomic E-state index is 0.0298. The standard InChI is InChI=1S/C14H20N4O2/c1-10(2)7-20-8-11(3)16-14(19)12-4-5-13-17-15-9-18(13)6-12/h4-6,9-11H,7-8H2,1-3H3,(H,16,19)/t11-/m0/s1. The zero-order valence-electron chi connectivity index (χ0n) is 12.0. The summed E-state index contributed by atoms with van der Waals surface area (Å²) in [5.41, 5.74) is 1.29. The first-order valence-electron chi connectivity index (χ1n) is 6.74. The van der Waals surface area contributed by atoms with E-state index in [1.54, 1.807) is 29.1 Å². The number of hydrogen-bond acceptors (Lipinski definition) is 4. The summed E-state index contributed by atoms with van der Waals surface area (Å²) in [6.45, 7) is 7.33. The summed E-state index contributed by atoms with van der Waals surface area (Å²) in [7, 11) is 0. The molecule has 6 nitrogen and oxygen atoms in total. The predicted molar refractivity (Wildman–Crippen MR) is 75.6 cm³/mol. The monoisotopic (exact) mass is 276 g/mol. The van der Waals surface area contributed by atoms with Crippen LogP contribution in [0.1, 0.15) is 31.1 Å². The summed E-state index contributed by atoms with van der Waals surface area (Å²) in [5.74, 6) is 0.371. The lowest BCUT2D eigenvalue weighted by Gasteiger charge is -2.15. The maximum Gasteiger partial charge on any atom is 0.253 e. The van der Waals surface area contributed by atoms with E-state index in [0.29, 0.717) is 24.7 Å². The Balaban J connectivity index is 1.90. The Morgan fingerprint density at radius 3 is 2.90 bits per heavy atom. The molecule has 108 valence electrons. The molecule has 6 heteroatoms. The van der Waals surface area contributed by atoms with E-state index in [1.165, 1.54) is 0 Å². The molecule has 0 saturated heterocycles. The molecule has 0 bridgehead atoms. The van der Waals surface area contributed by atoms with Crippen LogP contribution in [0.15, 0.2) is 24.7 Å². The fourth-order valence-electron chi connectivity index (χ4n) is 1.79. The minimum atomic E-state index is -0.124. The molecule has 0 aromatic carbocycles. The van der Waals surface area contributed by atoms with Gasteiger partial charge >= 0.3 is 0 Å². The van der Waals surface area contributed by atoms with Crippen LogP contribution in [0.2, 0.25) is 0 Å². The van der Waals surface area contributed by atoms with E-state index in [1.807, 2.05) is 6.92 Å². The molecule has 0 aliphatic carbocycles. The van der Waals surface area contributed by atoms with Crippen LogP contribution in [-0.2, 0) is 4.74 Å². The van der Waals surface area contributed by atoms with Crippen molar-refractivity contribution in [1.82, 2.24) is 19.9 Å². The third-order valence-electron chi connectivity index (χ3n) is 2.75. The molecule has 1 atom stereocenters. The summed E-state index contributed by atoms with van der Waals surface area (Å²) in [5, 5.41) is 10.6. The highest BCUT2D eigenvalue weighted by Crippen LogP contribution is 2.04. The summed E-state index contributed by atoms with van der Waals surface area (Å²) >= 11 is 0. The highest BCUT2D eigenvalue weighted by Gasteiger charge is 2.11. The number of nitrogens with one attached hydrogen (secondary N) is 1. The molecule has 0 aliphatic heterocycles. The van der Waals surface area contributed by atoms with Gasteiger partial charge in [-0.25, -0.2) is 0 Å². The number of carbonyl (C=O) groups excluding carboxylic acids is 1. The smallest absolute Gasteiger partial charge is 0.253 e. The van der Waals surface area contributed by atoms with Gasteiger partial charge in [-0.3, -0.25) is 9.20 Å². The average Bonchev–Trinajstić information content (AvgIpc) is 2.85. The summed E-state index contributed by atoms with van der Waals surface area (Å²) in [6, 6.07) is 3.47. The minimum Gasteiger partial charge on any atom is -0.379 e. The van der Waals surface area contributed by atoms with Crippen molar-refractivity contribution < 1.29 is 9.53 Å². The van der Waals surface area contributed by atoms with Gasteiger partial charge in [0.25, 0.3) is 5.91 Å². The summed E-state index contributed by atoms with van der Waals surface area (Å²) < 4.78 is 7.23. The first kappa shape index (κ1) is 14.5.